The summed E-state index contributed by atoms with van der Waals surface area (Å²) in [6, 6.07) is 7.62. The molecule has 0 aliphatic rings. The van der Waals surface area contributed by atoms with Gasteiger partial charge in [0.25, 0.3) is 0 Å². The van der Waals surface area contributed by atoms with E-state index in [4.69, 9.17) is 4.74 Å². The van der Waals surface area contributed by atoms with E-state index in [-0.39, 0.29) is 5.97 Å². The summed E-state index contributed by atoms with van der Waals surface area (Å²) >= 11 is 0. The maximum Gasteiger partial charge on any atom is 0.330 e. The minimum absolute atomic E-state index is 0.362. The molecule has 16 heavy (non-hydrogen) atoms. The lowest BCUT2D eigenvalue weighted by atomic mass is 10.2. The van der Waals surface area contributed by atoms with Crippen molar-refractivity contribution in [1.82, 2.24) is 0 Å². The molecule has 0 atom stereocenters. The topological polar surface area (TPSA) is 35.5 Å². The molecule has 84 valence electrons. The number of allylic oxidation sites excluding steroid dienone is 2. The molecule has 0 saturated heterocycles. The molecule has 0 aliphatic carbocycles. The fourth-order valence-corrected chi connectivity index (χ4v) is 1.08. The smallest absolute Gasteiger partial charge is 0.330 e. The first kappa shape index (κ1) is 12.0. The second kappa shape index (κ2) is 6.45. The van der Waals surface area contributed by atoms with Gasteiger partial charge in [-0.3, -0.25) is 0 Å². The largest absolute Gasteiger partial charge is 0.497 e. The standard InChI is InChI=1S/C13H14O3/c1-15-12-9-7-11(8-10-12)5-3-4-6-13(14)16-2/h3-10H,1-2H3. The number of rotatable bonds is 4. The molecule has 1 aromatic rings. The van der Waals surface area contributed by atoms with Crippen LogP contribution < -0.4 is 4.74 Å². The van der Waals surface area contributed by atoms with Gasteiger partial charge >= 0.3 is 5.97 Å². The first-order valence-electron chi connectivity index (χ1n) is 4.83. The van der Waals surface area contributed by atoms with Gasteiger partial charge in [0.15, 0.2) is 0 Å². The number of benzene rings is 1. The highest BCUT2D eigenvalue weighted by atomic mass is 16.5. The minimum Gasteiger partial charge on any atom is -0.497 e. The predicted molar refractivity (Wildman–Crippen MR) is 63.2 cm³/mol. The predicted octanol–water partition coefficient (Wildman–Crippen LogP) is 2.44. The zero-order valence-corrected chi connectivity index (χ0v) is 9.34. The van der Waals surface area contributed by atoms with Crippen LogP contribution in [-0.4, -0.2) is 20.2 Å². The summed E-state index contributed by atoms with van der Waals surface area (Å²) in [5, 5.41) is 0. The van der Waals surface area contributed by atoms with Crippen LogP contribution in [0.25, 0.3) is 6.08 Å². The normalized spacial score (nSPS) is 10.9. The van der Waals surface area contributed by atoms with E-state index in [0.717, 1.165) is 11.3 Å². The Hall–Kier alpha value is -2.03. The van der Waals surface area contributed by atoms with Crippen LogP contribution in [0.5, 0.6) is 5.75 Å². The molecule has 0 N–H and O–H groups in total. The third kappa shape index (κ3) is 4.00. The van der Waals surface area contributed by atoms with Crippen molar-refractivity contribution < 1.29 is 14.3 Å². The lowest BCUT2D eigenvalue weighted by Crippen LogP contribution is -1.92. The molecule has 0 bridgehead atoms. The lowest BCUT2D eigenvalue weighted by molar-refractivity contribution is -0.134. The molecule has 3 heteroatoms. The Morgan fingerprint density at radius 1 is 1.12 bits per heavy atom. The summed E-state index contributed by atoms with van der Waals surface area (Å²) in [6.45, 7) is 0. The van der Waals surface area contributed by atoms with Gasteiger partial charge < -0.3 is 9.47 Å². The Morgan fingerprint density at radius 3 is 2.38 bits per heavy atom. The summed E-state index contributed by atoms with van der Waals surface area (Å²) in [5.41, 5.74) is 1.04. The summed E-state index contributed by atoms with van der Waals surface area (Å²) in [5.74, 6) is 0.460. The number of hydrogen-bond acceptors (Lipinski definition) is 3. The minimum atomic E-state index is -0.362. The second-order valence-corrected chi connectivity index (χ2v) is 3.01. The lowest BCUT2D eigenvalue weighted by Gasteiger charge is -1.98. The number of hydrogen-bond donors (Lipinski definition) is 0. The van der Waals surface area contributed by atoms with Gasteiger partial charge in [-0.15, -0.1) is 0 Å². The molecule has 1 rings (SSSR count). The zero-order chi connectivity index (χ0) is 11.8. The highest BCUT2D eigenvalue weighted by Gasteiger charge is 1.89. The van der Waals surface area contributed by atoms with Crippen LogP contribution in [0.2, 0.25) is 0 Å². The van der Waals surface area contributed by atoms with Crippen LogP contribution in [0.4, 0.5) is 0 Å². The maximum absolute atomic E-state index is 10.7. The second-order valence-electron chi connectivity index (χ2n) is 3.01. The van der Waals surface area contributed by atoms with E-state index in [9.17, 15) is 4.79 Å². The van der Waals surface area contributed by atoms with E-state index in [2.05, 4.69) is 4.74 Å². The summed E-state index contributed by atoms with van der Waals surface area (Å²) in [4.78, 5) is 10.7. The molecule has 0 spiro atoms. The Morgan fingerprint density at radius 2 is 1.81 bits per heavy atom. The van der Waals surface area contributed by atoms with Gasteiger partial charge in [0.05, 0.1) is 14.2 Å². The molecule has 3 nitrogen and oxygen atoms in total. The van der Waals surface area contributed by atoms with Crippen LogP contribution >= 0.6 is 0 Å². The van der Waals surface area contributed by atoms with Gasteiger partial charge in [-0.05, 0) is 17.7 Å². The zero-order valence-electron chi connectivity index (χ0n) is 9.34. The first-order chi connectivity index (χ1) is 7.76. The van der Waals surface area contributed by atoms with E-state index in [1.54, 1.807) is 19.3 Å². The number of ether oxygens (including phenoxy) is 2. The monoisotopic (exact) mass is 218 g/mol. The summed E-state index contributed by atoms with van der Waals surface area (Å²) < 4.78 is 9.50. The SMILES string of the molecule is COC(=O)C=CC=Cc1ccc(OC)cc1. The van der Waals surface area contributed by atoms with Crippen LogP contribution in [0.15, 0.2) is 42.5 Å². The molecule has 0 unspecified atom stereocenters. The first-order valence-corrected chi connectivity index (χ1v) is 4.83. The van der Waals surface area contributed by atoms with Crippen molar-refractivity contribution in [2.45, 2.75) is 0 Å². The van der Waals surface area contributed by atoms with E-state index >= 15 is 0 Å². The van der Waals surface area contributed by atoms with Crippen molar-refractivity contribution in [3.05, 3.63) is 48.1 Å². The van der Waals surface area contributed by atoms with E-state index in [1.165, 1.54) is 13.2 Å². The Labute approximate surface area is 95.0 Å². The van der Waals surface area contributed by atoms with Gasteiger partial charge in [-0.2, -0.15) is 0 Å². The Bertz CT molecular complexity index is 388. The third-order valence-corrected chi connectivity index (χ3v) is 1.95. The van der Waals surface area contributed by atoms with Crippen LogP contribution in [0, 0.1) is 0 Å². The van der Waals surface area contributed by atoms with Crippen molar-refractivity contribution >= 4 is 12.0 Å². The number of methoxy groups -OCH3 is 2. The van der Waals surface area contributed by atoms with Crippen molar-refractivity contribution in [1.29, 1.82) is 0 Å². The van der Waals surface area contributed by atoms with Gasteiger partial charge in [0.1, 0.15) is 5.75 Å². The highest BCUT2D eigenvalue weighted by molar-refractivity contribution is 5.82. The van der Waals surface area contributed by atoms with Gasteiger partial charge in [-0.25, -0.2) is 4.79 Å². The van der Waals surface area contributed by atoms with Crippen LogP contribution in [-0.2, 0) is 9.53 Å². The fraction of sp³-hybridized carbons (Fsp3) is 0.154. The average molecular weight is 218 g/mol. The summed E-state index contributed by atoms with van der Waals surface area (Å²) in [7, 11) is 2.98. The summed E-state index contributed by atoms with van der Waals surface area (Å²) in [6.07, 6.45) is 6.66. The molecular weight excluding hydrogens is 204 g/mol. The highest BCUT2D eigenvalue weighted by Crippen LogP contribution is 2.12. The maximum atomic E-state index is 10.7. The molecule has 1 aromatic carbocycles. The van der Waals surface area contributed by atoms with E-state index in [1.807, 2.05) is 30.3 Å². The molecule has 0 fully saturated rings. The van der Waals surface area contributed by atoms with Gasteiger partial charge in [-0.1, -0.05) is 30.4 Å². The van der Waals surface area contributed by atoms with E-state index < -0.39 is 0 Å². The van der Waals surface area contributed by atoms with E-state index in [0.29, 0.717) is 0 Å². The van der Waals surface area contributed by atoms with Crippen molar-refractivity contribution in [3.63, 3.8) is 0 Å². The number of esters is 1. The number of carbonyl (C=O) groups excluding carboxylic acids is 1. The number of carbonyl (C=O) groups is 1. The average Bonchev–Trinajstić information content (AvgIpc) is 2.35. The van der Waals surface area contributed by atoms with Crippen molar-refractivity contribution in [2.24, 2.45) is 0 Å². The molecule has 0 heterocycles. The molecular formula is C13H14O3. The van der Waals surface area contributed by atoms with Crippen molar-refractivity contribution in [3.8, 4) is 5.75 Å². The van der Waals surface area contributed by atoms with Crippen molar-refractivity contribution in [2.75, 3.05) is 14.2 Å². The van der Waals surface area contributed by atoms with Crippen LogP contribution in [0.1, 0.15) is 5.56 Å². The molecule has 0 saturated carbocycles. The Kier molecular flexibility index (Phi) is 4.86. The van der Waals surface area contributed by atoms with Crippen LogP contribution in [0.3, 0.4) is 0 Å². The molecule has 0 radical (unpaired) electrons. The van der Waals surface area contributed by atoms with Gasteiger partial charge in [0, 0.05) is 6.08 Å². The fourth-order valence-electron chi connectivity index (χ4n) is 1.08. The Balaban J connectivity index is 2.56. The molecule has 0 aliphatic heterocycles. The third-order valence-electron chi connectivity index (χ3n) is 1.95. The molecule has 0 aromatic heterocycles. The quantitative estimate of drug-likeness (QED) is 0.442. The van der Waals surface area contributed by atoms with Gasteiger partial charge in [0.2, 0.25) is 0 Å². The molecule has 0 amide bonds.